The van der Waals surface area contributed by atoms with E-state index in [0.717, 1.165) is 42.4 Å². The SMILES string of the molecule is COc1nc(CNC(=O)Cc2c[nH]c3ccccc23)nc(N2CCCCC2)n1. The lowest BCUT2D eigenvalue weighted by atomic mass is 10.1. The number of amides is 1. The molecule has 0 saturated carbocycles. The maximum atomic E-state index is 12.4. The third-order valence-electron chi connectivity index (χ3n) is 4.94. The molecule has 1 amide bonds. The van der Waals surface area contributed by atoms with E-state index in [0.29, 0.717) is 18.2 Å². The molecule has 0 spiro atoms. The number of hydrogen-bond acceptors (Lipinski definition) is 6. The van der Waals surface area contributed by atoms with Crippen molar-refractivity contribution < 1.29 is 9.53 Å². The number of hydrogen-bond donors (Lipinski definition) is 2. The average Bonchev–Trinajstić information content (AvgIpc) is 3.15. The summed E-state index contributed by atoms with van der Waals surface area (Å²) < 4.78 is 5.22. The molecule has 2 aromatic heterocycles. The van der Waals surface area contributed by atoms with Crippen LogP contribution in [-0.4, -0.2) is 46.0 Å². The van der Waals surface area contributed by atoms with Crippen LogP contribution in [0.2, 0.25) is 0 Å². The highest BCUT2D eigenvalue weighted by Crippen LogP contribution is 2.19. The Hall–Kier alpha value is -3.16. The van der Waals surface area contributed by atoms with E-state index in [1.807, 2.05) is 30.5 Å². The zero-order valence-electron chi connectivity index (χ0n) is 15.9. The number of carbonyl (C=O) groups excluding carboxylic acids is 1. The standard InChI is InChI=1S/C20H24N6O2/c1-28-20-24-17(23-19(25-20)26-9-5-2-6-10-26)13-22-18(27)11-14-12-21-16-8-4-3-7-15(14)16/h3-4,7-8,12,21H,2,5-6,9-11,13H2,1H3,(H,22,27). The van der Waals surface area contributed by atoms with Crippen LogP contribution in [-0.2, 0) is 17.8 Å². The highest BCUT2D eigenvalue weighted by molar-refractivity contribution is 5.88. The van der Waals surface area contributed by atoms with Gasteiger partial charge in [-0.1, -0.05) is 18.2 Å². The van der Waals surface area contributed by atoms with Crippen molar-refractivity contribution in [1.82, 2.24) is 25.3 Å². The Labute approximate surface area is 163 Å². The van der Waals surface area contributed by atoms with Gasteiger partial charge in [0.1, 0.15) is 0 Å². The van der Waals surface area contributed by atoms with E-state index >= 15 is 0 Å². The predicted molar refractivity (Wildman–Crippen MR) is 106 cm³/mol. The van der Waals surface area contributed by atoms with Gasteiger partial charge in [0.25, 0.3) is 0 Å². The molecule has 1 aliphatic rings. The Morgan fingerprint density at radius 1 is 1.18 bits per heavy atom. The molecule has 8 nitrogen and oxygen atoms in total. The number of H-pyrrole nitrogens is 1. The number of para-hydroxylation sites is 1. The molecule has 8 heteroatoms. The number of anilines is 1. The van der Waals surface area contributed by atoms with Crippen LogP contribution in [0.25, 0.3) is 10.9 Å². The normalized spacial score (nSPS) is 14.2. The summed E-state index contributed by atoms with van der Waals surface area (Å²) in [4.78, 5) is 30.9. The molecule has 1 fully saturated rings. The van der Waals surface area contributed by atoms with Gasteiger partial charge in [-0.2, -0.15) is 15.0 Å². The molecule has 0 atom stereocenters. The molecule has 3 aromatic rings. The lowest BCUT2D eigenvalue weighted by molar-refractivity contribution is -0.120. The van der Waals surface area contributed by atoms with Crippen LogP contribution in [0, 0.1) is 0 Å². The Morgan fingerprint density at radius 2 is 2.00 bits per heavy atom. The largest absolute Gasteiger partial charge is 0.467 e. The molecule has 0 unspecified atom stereocenters. The summed E-state index contributed by atoms with van der Waals surface area (Å²) in [6, 6.07) is 8.22. The molecule has 1 saturated heterocycles. The van der Waals surface area contributed by atoms with E-state index in [-0.39, 0.29) is 18.5 Å². The van der Waals surface area contributed by atoms with Crippen LogP contribution >= 0.6 is 0 Å². The van der Waals surface area contributed by atoms with E-state index in [1.165, 1.54) is 13.5 Å². The maximum absolute atomic E-state index is 12.4. The van der Waals surface area contributed by atoms with Crippen LogP contribution in [0.3, 0.4) is 0 Å². The number of nitrogens with zero attached hydrogens (tertiary/aromatic N) is 4. The van der Waals surface area contributed by atoms with Gasteiger partial charge in [-0.25, -0.2) is 0 Å². The lowest BCUT2D eigenvalue weighted by Gasteiger charge is -2.26. The molecular weight excluding hydrogens is 356 g/mol. The van der Waals surface area contributed by atoms with E-state index in [2.05, 4.69) is 30.2 Å². The van der Waals surface area contributed by atoms with Gasteiger partial charge in [0.15, 0.2) is 5.82 Å². The number of carbonyl (C=O) groups is 1. The van der Waals surface area contributed by atoms with Gasteiger partial charge >= 0.3 is 6.01 Å². The zero-order valence-corrected chi connectivity index (χ0v) is 15.9. The van der Waals surface area contributed by atoms with Crippen LogP contribution in [0.4, 0.5) is 5.95 Å². The van der Waals surface area contributed by atoms with Crippen LogP contribution in [0.5, 0.6) is 6.01 Å². The third-order valence-corrected chi connectivity index (χ3v) is 4.94. The van der Waals surface area contributed by atoms with Gasteiger partial charge in [0.2, 0.25) is 11.9 Å². The van der Waals surface area contributed by atoms with E-state index in [4.69, 9.17) is 4.74 Å². The van der Waals surface area contributed by atoms with Crippen LogP contribution in [0.1, 0.15) is 30.7 Å². The fourth-order valence-corrected chi connectivity index (χ4v) is 3.48. The van der Waals surface area contributed by atoms with Crippen LogP contribution in [0.15, 0.2) is 30.5 Å². The first kappa shape index (κ1) is 18.2. The van der Waals surface area contributed by atoms with E-state index < -0.39 is 0 Å². The molecule has 0 aliphatic carbocycles. The van der Waals surface area contributed by atoms with Crippen molar-refractivity contribution in [1.29, 1.82) is 0 Å². The Balaban J connectivity index is 1.42. The number of nitrogens with one attached hydrogen (secondary N) is 2. The van der Waals surface area contributed by atoms with Gasteiger partial charge < -0.3 is 19.9 Å². The van der Waals surface area contributed by atoms with Crippen LogP contribution < -0.4 is 15.0 Å². The highest BCUT2D eigenvalue weighted by atomic mass is 16.5. The summed E-state index contributed by atoms with van der Waals surface area (Å²) in [5.41, 5.74) is 1.99. The Morgan fingerprint density at radius 3 is 2.82 bits per heavy atom. The number of benzene rings is 1. The van der Waals surface area contributed by atoms with Gasteiger partial charge in [-0.05, 0) is 30.9 Å². The molecule has 3 heterocycles. The molecule has 1 aliphatic heterocycles. The maximum Gasteiger partial charge on any atom is 0.321 e. The second-order valence-electron chi connectivity index (χ2n) is 6.90. The first-order valence-corrected chi connectivity index (χ1v) is 9.58. The monoisotopic (exact) mass is 380 g/mol. The Kier molecular flexibility index (Phi) is 5.36. The minimum atomic E-state index is -0.0799. The van der Waals surface area contributed by atoms with Crippen molar-refractivity contribution in [2.24, 2.45) is 0 Å². The van der Waals surface area contributed by atoms with Crippen molar-refractivity contribution >= 4 is 22.8 Å². The van der Waals surface area contributed by atoms with Crippen molar-refractivity contribution in [3.63, 3.8) is 0 Å². The lowest BCUT2D eigenvalue weighted by Crippen LogP contribution is -2.32. The molecule has 28 heavy (non-hydrogen) atoms. The number of piperidine rings is 1. The summed E-state index contributed by atoms with van der Waals surface area (Å²) >= 11 is 0. The fraction of sp³-hybridized carbons (Fsp3) is 0.400. The molecule has 1 aromatic carbocycles. The van der Waals surface area contributed by atoms with E-state index in [9.17, 15) is 4.79 Å². The number of fused-ring (bicyclic) bond motifs is 1. The summed E-state index contributed by atoms with van der Waals surface area (Å²) in [6.45, 7) is 2.10. The molecule has 0 bridgehead atoms. The predicted octanol–water partition coefficient (Wildman–Crippen LogP) is 2.21. The smallest absolute Gasteiger partial charge is 0.321 e. The number of rotatable bonds is 6. The summed E-state index contributed by atoms with van der Waals surface area (Å²) in [5.74, 6) is 1.04. The number of aromatic nitrogens is 4. The number of aromatic amines is 1. The first-order valence-electron chi connectivity index (χ1n) is 9.58. The molecule has 4 rings (SSSR count). The van der Waals surface area contributed by atoms with Crippen molar-refractivity contribution in [2.45, 2.75) is 32.2 Å². The molecule has 146 valence electrons. The van der Waals surface area contributed by atoms with Gasteiger partial charge in [0.05, 0.1) is 20.1 Å². The van der Waals surface area contributed by atoms with Gasteiger partial charge in [-0.3, -0.25) is 4.79 Å². The quantitative estimate of drug-likeness (QED) is 0.681. The topological polar surface area (TPSA) is 96.0 Å². The van der Waals surface area contributed by atoms with Crippen molar-refractivity contribution in [3.05, 3.63) is 41.9 Å². The Bertz CT molecular complexity index is 964. The number of methoxy groups -OCH3 is 1. The van der Waals surface area contributed by atoms with E-state index in [1.54, 1.807) is 0 Å². The minimum Gasteiger partial charge on any atom is -0.467 e. The average molecular weight is 380 g/mol. The molecule has 0 radical (unpaired) electrons. The minimum absolute atomic E-state index is 0.0799. The van der Waals surface area contributed by atoms with Crippen molar-refractivity contribution in [3.8, 4) is 6.01 Å². The highest BCUT2D eigenvalue weighted by Gasteiger charge is 2.17. The first-order chi connectivity index (χ1) is 13.7. The zero-order chi connectivity index (χ0) is 19.3. The second-order valence-corrected chi connectivity index (χ2v) is 6.90. The number of ether oxygens (including phenoxy) is 1. The van der Waals surface area contributed by atoms with Crippen molar-refractivity contribution in [2.75, 3.05) is 25.1 Å². The fourth-order valence-electron chi connectivity index (χ4n) is 3.48. The van der Waals surface area contributed by atoms with Gasteiger partial charge in [0, 0.05) is 30.2 Å². The summed E-state index contributed by atoms with van der Waals surface area (Å²) in [6.07, 6.45) is 5.67. The van der Waals surface area contributed by atoms with Gasteiger partial charge in [-0.15, -0.1) is 0 Å². The third kappa shape index (κ3) is 4.05. The second kappa shape index (κ2) is 8.24. The molecule has 2 N–H and O–H groups in total. The summed E-state index contributed by atoms with van der Waals surface area (Å²) in [5, 5.41) is 3.97. The molecular formula is C20H24N6O2. The summed E-state index contributed by atoms with van der Waals surface area (Å²) in [7, 11) is 1.54.